The van der Waals surface area contributed by atoms with E-state index in [0.29, 0.717) is 0 Å². The summed E-state index contributed by atoms with van der Waals surface area (Å²) in [4.78, 5) is 2.23. The van der Waals surface area contributed by atoms with Gasteiger partial charge in [-0.05, 0) is 30.7 Å². The summed E-state index contributed by atoms with van der Waals surface area (Å²) < 4.78 is 1.13. The summed E-state index contributed by atoms with van der Waals surface area (Å²) in [5.74, 6) is 0. The largest absolute Gasteiger partial charge is 0.388 e. The zero-order valence-corrected chi connectivity index (χ0v) is 13.3. The van der Waals surface area contributed by atoms with Gasteiger partial charge in [-0.25, -0.2) is 0 Å². The normalized spacial score (nSPS) is 12.6. The van der Waals surface area contributed by atoms with Gasteiger partial charge in [0.2, 0.25) is 0 Å². The average molecular weight is 334 g/mol. The highest BCUT2D eigenvalue weighted by Gasteiger charge is 2.09. The molecule has 0 radical (unpaired) electrons. The van der Waals surface area contributed by atoms with Crippen LogP contribution in [-0.2, 0) is 6.54 Å². The van der Waals surface area contributed by atoms with Gasteiger partial charge in [0.05, 0.1) is 6.10 Å². The minimum Gasteiger partial charge on any atom is -0.388 e. The molecule has 2 nitrogen and oxygen atoms in total. The fourth-order valence-electron chi connectivity index (χ4n) is 2.18. The highest BCUT2D eigenvalue weighted by atomic mass is 79.9. The van der Waals surface area contributed by atoms with Crippen LogP contribution in [0.4, 0.5) is 0 Å². The van der Waals surface area contributed by atoms with E-state index in [4.69, 9.17) is 0 Å². The number of benzene rings is 2. The van der Waals surface area contributed by atoms with Gasteiger partial charge in [0.15, 0.2) is 0 Å². The van der Waals surface area contributed by atoms with Gasteiger partial charge in [-0.2, -0.15) is 0 Å². The first kappa shape index (κ1) is 15.2. The van der Waals surface area contributed by atoms with E-state index >= 15 is 0 Å². The maximum absolute atomic E-state index is 10.2. The molecule has 0 saturated carbocycles. The van der Waals surface area contributed by atoms with Crippen LogP contribution < -0.4 is 0 Å². The first-order valence-corrected chi connectivity index (χ1v) is 7.61. The highest BCUT2D eigenvalue weighted by molar-refractivity contribution is 9.10. The molecule has 0 aromatic heterocycles. The summed E-state index contributed by atoms with van der Waals surface area (Å²) >= 11 is 3.57. The zero-order chi connectivity index (χ0) is 14.4. The second kappa shape index (κ2) is 7.58. The summed E-state index contributed by atoms with van der Waals surface area (Å²) in [6.45, 7) is 1.74. The summed E-state index contributed by atoms with van der Waals surface area (Å²) in [5.41, 5.74) is 2.26. The third-order valence-corrected chi connectivity index (χ3v) is 4.14. The number of aliphatic hydroxyl groups excluding tert-OH is 1. The smallest absolute Gasteiger partial charge is 0.0802 e. The summed E-state index contributed by atoms with van der Waals surface area (Å²) in [7, 11) is 2.08. The maximum atomic E-state index is 10.2. The van der Waals surface area contributed by atoms with Crippen LogP contribution in [0, 0.1) is 0 Å². The van der Waals surface area contributed by atoms with Crippen molar-refractivity contribution in [2.45, 2.75) is 19.1 Å². The number of hydrogen-bond acceptors (Lipinski definition) is 2. The predicted molar refractivity (Wildman–Crippen MR) is 86.5 cm³/mol. The summed E-state index contributed by atoms with van der Waals surface area (Å²) in [6, 6.07) is 18.1. The molecule has 0 amide bonds. The molecule has 20 heavy (non-hydrogen) atoms. The topological polar surface area (TPSA) is 23.5 Å². The Labute approximate surface area is 129 Å². The standard InChI is InChI=1S/C17H20BrNO/c1-19(13-15-9-5-6-10-16(15)18)12-11-17(20)14-7-3-2-4-8-14/h2-10,17,20H,11-13H2,1H3. The summed E-state index contributed by atoms with van der Waals surface area (Å²) in [6.07, 6.45) is 0.350. The van der Waals surface area contributed by atoms with Crippen LogP contribution in [0.15, 0.2) is 59.1 Å². The minimum atomic E-state index is -0.391. The Bertz CT molecular complexity index is 530. The van der Waals surface area contributed by atoms with Gasteiger partial charge >= 0.3 is 0 Å². The second-order valence-electron chi connectivity index (χ2n) is 5.04. The molecule has 2 aromatic carbocycles. The number of halogens is 1. The van der Waals surface area contributed by atoms with E-state index < -0.39 is 6.10 Å². The number of aliphatic hydroxyl groups is 1. The van der Waals surface area contributed by atoms with E-state index in [1.807, 2.05) is 42.5 Å². The Kier molecular flexibility index (Phi) is 5.77. The van der Waals surface area contributed by atoms with Gasteiger partial charge in [-0.15, -0.1) is 0 Å². The van der Waals surface area contributed by atoms with Crippen LogP contribution in [-0.4, -0.2) is 23.6 Å². The molecule has 0 spiro atoms. The van der Waals surface area contributed by atoms with Crippen molar-refractivity contribution in [3.63, 3.8) is 0 Å². The Hall–Kier alpha value is -1.16. The summed E-state index contributed by atoms with van der Waals surface area (Å²) in [5, 5.41) is 10.2. The molecule has 1 atom stereocenters. The van der Waals surface area contributed by atoms with Gasteiger partial charge in [0.1, 0.15) is 0 Å². The number of nitrogens with zero attached hydrogens (tertiary/aromatic N) is 1. The van der Waals surface area contributed by atoms with E-state index in [1.165, 1.54) is 5.56 Å². The SMILES string of the molecule is CN(CCC(O)c1ccccc1)Cc1ccccc1Br. The second-order valence-corrected chi connectivity index (χ2v) is 5.90. The van der Waals surface area contributed by atoms with E-state index in [9.17, 15) is 5.11 Å². The molecule has 0 aliphatic heterocycles. The van der Waals surface area contributed by atoms with Crippen LogP contribution in [0.5, 0.6) is 0 Å². The van der Waals surface area contributed by atoms with Crippen molar-refractivity contribution in [3.8, 4) is 0 Å². The molecule has 0 fully saturated rings. The monoisotopic (exact) mass is 333 g/mol. The lowest BCUT2D eigenvalue weighted by Crippen LogP contribution is -2.21. The number of rotatable bonds is 6. The van der Waals surface area contributed by atoms with Crippen molar-refractivity contribution in [1.82, 2.24) is 4.90 Å². The highest BCUT2D eigenvalue weighted by Crippen LogP contribution is 2.19. The third-order valence-electron chi connectivity index (χ3n) is 3.37. The van der Waals surface area contributed by atoms with Crippen LogP contribution in [0.1, 0.15) is 23.7 Å². The third kappa shape index (κ3) is 4.44. The van der Waals surface area contributed by atoms with Gasteiger partial charge in [-0.3, -0.25) is 0 Å². The Balaban J connectivity index is 1.84. The fraction of sp³-hybridized carbons (Fsp3) is 0.294. The van der Waals surface area contributed by atoms with Crippen molar-refractivity contribution in [3.05, 3.63) is 70.2 Å². The first-order valence-electron chi connectivity index (χ1n) is 6.82. The first-order chi connectivity index (χ1) is 9.66. The molecule has 0 aliphatic rings. The van der Waals surface area contributed by atoms with Crippen molar-refractivity contribution in [1.29, 1.82) is 0 Å². The van der Waals surface area contributed by atoms with Gasteiger partial charge in [0.25, 0.3) is 0 Å². The fourth-order valence-corrected chi connectivity index (χ4v) is 2.59. The molecule has 1 N–H and O–H groups in total. The van der Waals surface area contributed by atoms with E-state index in [0.717, 1.165) is 29.5 Å². The van der Waals surface area contributed by atoms with Gasteiger partial charge in [0, 0.05) is 17.6 Å². The molecule has 0 bridgehead atoms. The quantitative estimate of drug-likeness (QED) is 0.863. The Morgan fingerprint density at radius 3 is 2.40 bits per heavy atom. The predicted octanol–water partition coefficient (Wildman–Crippen LogP) is 4.00. The molecule has 106 valence electrons. The molecule has 3 heteroatoms. The van der Waals surface area contributed by atoms with Crippen molar-refractivity contribution < 1.29 is 5.11 Å². The van der Waals surface area contributed by atoms with E-state index in [1.54, 1.807) is 0 Å². The van der Waals surface area contributed by atoms with Gasteiger partial charge < -0.3 is 10.0 Å². The lowest BCUT2D eigenvalue weighted by molar-refractivity contribution is 0.147. The lowest BCUT2D eigenvalue weighted by Gasteiger charge is -2.19. The average Bonchev–Trinajstić information content (AvgIpc) is 2.48. The Morgan fingerprint density at radius 1 is 1.05 bits per heavy atom. The van der Waals surface area contributed by atoms with Crippen LogP contribution in [0.2, 0.25) is 0 Å². The molecule has 0 aliphatic carbocycles. The van der Waals surface area contributed by atoms with Crippen LogP contribution in [0.25, 0.3) is 0 Å². The van der Waals surface area contributed by atoms with Crippen molar-refractivity contribution >= 4 is 15.9 Å². The zero-order valence-electron chi connectivity index (χ0n) is 11.7. The molecule has 2 aromatic rings. The van der Waals surface area contributed by atoms with Crippen LogP contribution >= 0.6 is 15.9 Å². The molecular weight excluding hydrogens is 314 g/mol. The van der Waals surface area contributed by atoms with Crippen molar-refractivity contribution in [2.24, 2.45) is 0 Å². The van der Waals surface area contributed by atoms with Crippen molar-refractivity contribution in [2.75, 3.05) is 13.6 Å². The van der Waals surface area contributed by atoms with Gasteiger partial charge in [-0.1, -0.05) is 64.5 Å². The molecular formula is C17H20BrNO. The lowest BCUT2D eigenvalue weighted by atomic mass is 10.1. The molecule has 2 rings (SSSR count). The molecule has 0 heterocycles. The Morgan fingerprint density at radius 2 is 1.70 bits per heavy atom. The number of hydrogen-bond donors (Lipinski definition) is 1. The molecule has 0 saturated heterocycles. The minimum absolute atomic E-state index is 0.391. The van der Waals surface area contributed by atoms with E-state index in [2.05, 4.69) is 40.0 Å². The maximum Gasteiger partial charge on any atom is 0.0802 e. The van der Waals surface area contributed by atoms with Crippen LogP contribution in [0.3, 0.4) is 0 Å². The van der Waals surface area contributed by atoms with E-state index in [-0.39, 0.29) is 0 Å². The molecule has 1 unspecified atom stereocenters.